The van der Waals surface area contributed by atoms with Gasteiger partial charge < -0.3 is 5.32 Å². The van der Waals surface area contributed by atoms with Gasteiger partial charge in [0.2, 0.25) is 11.6 Å². The molecule has 1 amide bonds. The molecule has 4 rings (SSSR count). The number of carbonyl (C=O) groups is 1. The first-order chi connectivity index (χ1) is 13.0. The molecular weight excluding hydrogens is 366 g/mol. The predicted molar refractivity (Wildman–Crippen MR) is 103 cm³/mol. The molecule has 0 bridgehead atoms. The van der Waals surface area contributed by atoms with E-state index in [2.05, 4.69) is 15.5 Å². The Hall–Kier alpha value is -3.19. The number of aromatic nitrogens is 4. The molecule has 4 aromatic rings. The largest absolute Gasteiger partial charge is 0.350 e. The van der Waals surface area contributed by atoms with E-state index in [1.807, 2.05) is 36.4 Å². The van der Waals surface area contributed by atoms with Crippen LogP contribution in [0.15, 0.2) is 53.3 Å². The van der Waals surface area contributed by atoms with Crippen LogP contribution in [-0.4, -0.2) is 25.1 Å². The molecule has 136 valence electrons. The van der Waals surface area contributed by atoms with Crippen molar-refractivity contribution in [1.82, 2.24) is 24.5 Å². The number of rotatable bonds is 4. The zero-order chi connectivity index (χ0) is 19.0. The van der Waals surface area contributed by atoms with Gasteiger partial charge >= 0.3 is 0 Å². The van der Waals surface area contributed by atoms with Crippen LogP contribution in [0.1, 0.15) is 11.4 Å². The van der Waals surface area contributed by atoms with E-state index in [-0.39, 0.29) is 23.7 Å². The zero-order valence-electron chi connectivity index (χ0n) is 14.5. The Labute approximate surface area is 159 Å². The van der Waals surface area contributed by atoms with Crippen LogP contribution in [-0.2, 0) is 17.9 Å². The van der Waals surface area contributed by atoms with Gasteiger partial charge in [0.1, 0.15) is 12.4 Å². The Morgan fingerprint density at radius 2 is 1.78 bits per heavy atom. The molecule has 2 aromatic heterocycles. The molecule has 0 saturated heterocycles. The van der Waals surface area contributed by atoms with Crippen LogP contribution in [0.5, 0.6) is 0 Å². The second-order valence-corrected chi connectivity index (χ2v) is 6.63. The molecule has 0 aliphatic rings. The lowest BCUT2D eigenvalue weighted by Crippen LogP contribution is -2.33. The topological polar surface area (TPSA) is 81.3 Å². The highest BCUT2D eigenvalue weighted by Crippen LogP contribution is 2.15. The van der Waals surface area contributed by atoms with Gasteiger partial charge in [0.05, 0.1) is 11.0 Å². The van der Waals surface area contributed by atoms with Crippen molar-refractivity contribution in [2.45, 2.75) is 20.0 Å². The van der Waals surface area contributed by atoms with E-state index >= 15 is 0 Å². The van der Waals surface area contributed by atoms with Gasteiger partial charge in [-0.25, -0.2) is 0 Å². The van der Waals surface area contributed by atoms with Crippen molar-refractivity contribution in [1.29, 1.82) is 0 Å². The van der Waals surface area contributed by atoms with Gasteiger partial charge in [-0.15, -0.1) is 10.2 Å². The van der Waals surface area contributed by atoms with Crippen LogP contribution >= 0.6 is 11.6 Å². The molecule has 0 atom stereocenters. The van der Waals surface area contributed by atoms with E-state index in [0.29, 0.717) is 22.9 Å². The van der Waals surface area contributed by atoms with Crippen LogP contribution in [0.2, 0.25) is 5.02 Å². The monoisotopic (exact) mass is 381 g/mol. The lowest BCUT2D eigenvalue weighted by molar-refractivity contribution is -0.121. The highest BCUT2D eigenvalue weighted by atomic mass is 35.5. The quantitative estimate of drug-likeness (QED) is 0.588. The highest BCUT2D eigenvalue weighted by Gasteiger charge is 2.16. The van der Waals surface area contributed by atoms with Gasteiger partial charge in [-0.1, -0.05) is 35.9 Å². The van der Waals surface area contributed by atoms with Crippen LogP contribution in [0, 0.1) is 6.92 Å². The number of benzene rings is 2. The molecule has 0 saturated carbocycles. The Bertz CT molecular complexity index is 1210. The first-order valence-electron chi connectivity index (χ1n) is 8.39. The van der Waals surface area contributed by atoms with Gasteiger partial charge in [0.15, 0.2) is 0 Å². The Balaban J connectivity index is 1.66. The summed E-state index contributed by atoms with van der Waals surface area (Å²) in [5.74, 6) is 0.357. The minimum atomic E-state index is -0.351. The van der Waals surface area contributed by atoms with Gasteiger partial charge in [-0.3, -0.25) is 18.6 Å². The number of nitrogens with one attached hydrogen (secondary N) is 1. The molecule has 0 aliphatic carbocycles. The number of amides is 1. The lowest BCUT2D eigenvalue weighted by atomic mass is 10.2. The minimum absolute atomic E-state index is 0.102. The number of hydrogen-bond acceptors (Lipinski definition) is 4. The van der Waals surface area contributed by atoms with Crippen molar-refractivity contribution in [3.63, 3.8) is 0 Å². The molecule has 2 heterocycles. The van der Waals surface area contributed by atoms with Gasteiger partial charge in [-0.2, -0.15) is 0 Å². The molecule has 1 N–H and O–H groups in total. The number of para-hydroxylation sites is 2. The normalized spacial score (nSPS) is 11.2. The van der Waals surface area contributed by atoms with E-state index in [4.69, 9.17) is 11.6 Å². The summed E-state index contributed by atoms with van der Waals surface area (Å²) in [6, 6.07) is 14.6. The van der Waals surface area contributed by atoms with E-state index < -0.39 is 0 Å². The van der Waals surface area contributed by atoms with Gasteiger partial charge in [0, 0.05) is 11.6 Å². The maximum absolute atomic E-state index is 12.8. The first-order valence-corrected chi connectivity index (χ1v) is 8.77. The van der Waals surface area contributed by atoms with E-state index in [1.165, 1.54) is 4.57 Å². The average molecular weight is 382 g/mol. The third-order valence-electron chi connectivity index (χ3n) is 4.38. The smallest absolute Gasteiger partial charge is 0.297 e. The van der Waals surface area contributed by atoms with E-state index in [9.17, 15) is 9.59 Å². The summed E-state index contributed by atoms with van der Waals surface area (Å²) in [6.45, 7) is 2.04. The SMILES string of the molecule is Cc1nnc2c(=O)n(CC(=O)NCc3ccc(Cl)cc3)c3ccccc3n12. The lowest BCUT2D eigenvalue weighted by Gasteiger charge is -2.12. The fraction of sp³-hybridized carbons (Fsp3) is 0.158. The van der Waals surface area contributed by atoms with Crippen molar-refractivity contribution >= 4 is 34.2 Å². The molecule has 7 nitrogen and oxygen atoms in total. The van der Waals surface area contributed by atoms with Crippen LogP contribution < -0.4 is 10.9 Å². The fourth-order valence-electron chi connectivity index (χ4n) is 3.06. The highest BCUT2D eigenvalue weighted by molar-refractivity contribution is 6.30. The Morgan fingerprint density at radius 1 is 1.07 bits per heavy atom. The second kappa shape index (κ2) is 6.85. The molecule has 0 spiro atoms. The number of aryl methyl sites for hydroxylation is 1. The summed E-state index contributed by atoms with van der Waals surface area (Å²) in [6.07, 6.45) is 0. The van der Waals surface area contributed by atoms with Crippen molar-refractivity contribution in [2.24, 2.45) is 0 Å². The van der Waals surface area contributed by atoms with Crippen LogP contribution in [0.25, 0.3) is 16.7 Å². The number of fused-ring (bicyclic) bond motifs is 3. The third kappa shape index (κ3) is 3.17. The predicted octanol–water partition coefficient (Wildman–Crippen LogP) is 2.32. The van der Waals surface area contributed by atoms with Crippen LogP contribution in [0.4, 0.5) is 0 Å². The summed E-state index contributed by atoms with van der Waals surface area (Å²) in [4.78, 5) is 25.3. The second-order valence-electron chi connectivity index (χ2n) is 6.19. The average Bonchev–Trinajstić information content (AvgIpc) is 3.07. The summed E-state index contributed by atoms with van der Waals surface area (Å²) >= 11 is 5.87. The number of hydrogen-bond donors (Lipinski definition) is 1. The summed E-state index contributed by atoms with van der Waals surface area (Å²) < 4.78 is 3.13. The molecule has 2 aromatic carbocycles. The number of carbonyl (C=O) groups excluding carboxylic acids is 1. The van der Waals surface area contributed by atoms with Gasteiger partial charge in [-0.05, 0) is 36.8 Å². The van der Waals surface area contributed by atoms with E-state index in [0.717, 1.165) is 11.1 Å². The zero-order valence-corrected chi connectivity index (χ0v) is 15.3. The molecule has 8 heteroatoms. The van der Waals surface area contributed by atoms with Crippen LogP contribution in [0.3, 0.4) is 0 Å². The minimum Gasteiger partial charge on any atom is -0.350 e. The maximum atomic E-state index is 12.8. The Morgan fingerprint density at radius 3 is 2.52 bits per heavy atom. The van der Waals surface area contributed by atoms with Crippen molar-refractivity contribution in [2.75, 3.05) is 0 Å². The molecule has 27 heavy (non-hydrogen) atoms. The first kappa shape index (κ1) is 17.2. The molecule has 0 aliphatic heterocycles. The summed E-state index contributed by atoms with van der Waals surface area (Å²) in [7, 11) is 0. The van der Waals surface area contributed by atoms with Crippen molar-refractivity contribution in [3.05, 3.63) is 75.3 Å². The van der Waals surface area contributed by atoms with Crippen molar-refractivity contribution in [3.8, 4) is 0 Å². The van der Waals surface area contributed by atoms with Gasteiger partial charge in [0.25, 0.3) is 5.56 Å². The fourth-order valence-corrected chi connectivity index (χ4v) is 3.19. The molecule has 0 radical (unpaired) electrons. The standard InChI is InChI=1S/C19H16ClN5O2/c1-12-22-23-18-19(27)24(15-4-2-3-5-16(15)25(12)18)11-17(26)21-10-13-6-8-14(20)9-7-13/h2-9H,10-11H2,1H3,(H,21,26). The maximum Gasteiger partial charge on any atom is 0.297 e. The molecule has 0 unspecified atom stereocenters. The summed E-state index contributed by atoms with van der Waals surface area (Å²) in [5.41, 5.74) is 2.21. The molecular formula is C19H16ClN5O2. The third-order valence-corrected chi connectivity index (χ3v) is 4.63. The van der Waals surface area contributed by atoms with E-state index in [1.54, 1.807) is 23.5 Å². The van der Waals surface area contributed by atoms with Crippen molar-refractivity contribution < 1.29 is 4.79 Å². The number of halogens is 1. The number of nitrogens with zero attached hydrogens (tertiary/aromatic N) is 4. The summed E-state index contributed by atoms with van der Waals surface area (Å²) in [5, 5.41) is 11.4. The Kier molecular flexibility index (Phi) is 4.37. The molecule has 0 fully saturated rings.